The van der Waals surface area contributed by atoms with Crippen molar-refractivity contribution in [2.45, 2.75) is 6.92 Å². The van der Waals surface area contributed by atoms with Crippen molar-refractivity contribution < 1.29 is 4.79 Å². The Morgan fingerprint density at radius 3 is 2.89 bits per heavy atom. The molecule has 18 heavy (non-hydrogen) atoms. The van der Waals surface area contributed by atoms with Gasteiger partial charge in [-0.1, -0.05) is 24.3 Å². The highest BCUT2D eigenvalue weighted by atomic mass is 16.1. The molecule has 0 saturated heterocycles. The topological polar surface area (TPSA) is 34.4 Å². The molecule has 3 aromatic rings. The van der Waals surface area contributed by atoms with Crippen LogP contribution in [0.15, 0.2) is 48.8 Å². The molecular formula is C15H12N2O. The second-order valence-electron chi connectivity index (χ2n) is 4.26. The van der Waals surface area contributed by atoms with Crippen molar-refractivity contribution in [2.24, 2.45) is 0 Å². The lowest BCUT2D eigenvalue weighted by molar-refractivity contribution is 0.112. The molecule has 0 saturated carbocycles. The van der Waals surface area contributed by atoms with Gasteiger partial charge in [-0.05, 0) is 30.2 Å². The van der Waals surface area contributed by atoms with Crippen molar-refractivity contribution in [3.63, 3.8) is 0 Å². The van der Waals surface area contributed by atoms with Gasteiger partial charge in [0.15, 0.2) is 0 Å². The van der Waals surface area contributed by atoms with Gasteiger partial charge in [0.05, 0.1) is 11.7 Å². The highest BCUT2D eigenvalue weighted by Gasteiger charge is 2.03. The molecule has 3 heteroatoms. The summed E-state index contributed by atoms with van der Waals surface area (Å²) in [7, 11) is 0. The Kier molecular flexibility index (Phi) is 2.45. The molecule has 0 unspecified atom stereocenters. The number of nitrogens with zero attached hydrogens (tertiary/aromatic N) is 2. The fourth-order valence-corrected chi connectivity index (χ4v) is 2.08. The van der Waals surface area contributed by atoms with Gasteiger partial charge < -0.3 is 4.40 Å². The first-order valence-corrected chi connectivity index (χ1v) is 5.77. The molecule has 0 aliphatic heterocycles. The SMILES string of the molecule is Cc1ncc2ccc(-c3cccc(C=O)c3)cn12. The maximum Gasteiger partial charge on any atom is 0.150 e. The van der Waals surface area contributed by atoms with E-state index in [-0.39, 0.29) is 0 Å². The lowest BCUT2D eigenvalue weighted by Gasteiger charge is -2.04. The number of imidazole rings is 1. The van der Waals surface area contributed by atoms with E-state index < -0.39 is 0 Å². The van der Waals surface area contributed by atoms with Crippen LogP contribution in [0.4, 0.5) is 0 Å². The van der Waals surface area contributed by atoms with Crippen LogP contribution < -0.4 is 0 Å². The highest BCUT2D eigenvalue weighted by molar-refractivity contribution is 5.79. The average Bonchev–Trinajstić information content (AvgIpc) is 2.80. The average molecular weight is 236 g/mol. The third-order valence-electron chi connectivity index (χ3n) is 3.07. The van der Waals surface area contributed by atoms with Crippen molar-refractivity contribution in [3.05, 3.63) is 60.2 Å². The van der Waals surface area contributed by atoms with Gasteiger partial charge >= 0.3 is 0 Å². The Labute approximate surface area is 105 Å². The Hall–Kier alpha value is -2.42. The molecule has 2 heterocycles. The van der Waals surface area contributed by atoms with Crippen LogP contribution in [0, 0.1) is 6.92 Å². The Balaban J connectivity index is 2.18. The molecule has 0 aliphatic rings. The molecule has 0 bridgehead atoms. The number of fused-ring (bicyclic) bond motifs is 1. The molecule has 0 aliphatic carbocycles. The summed E-state index contributed by atoms with van der Waals surface area (Å²) in [6, 6.07) is 11.7. The van der Waals surface area contributed by atoms with E-state index in [2.05, 4.69) is 4.98 Å². The zero-order valence-corrected chi connectivity index (χ0v) is 10.00. The van der Waals surface area contributed by atoms with Crippen LogP contribution in [-0.2, 0) is 0 Å². The third-order valence-corrected chi connectivity index (χ3v) is 3.07. The van der Waals surface area contributed by atoms with Gasteiger partial charge in [0.25, 0.3) is 0 Å². The standard InChI is InChI=1S/C15H12N2O/c1-11-16-8-15-6-5-14(9-17(11)15)13-4-2-3-12(7-13)10-18/h2-10H,1H3. The van der Waals surface area contributed by atoms with Crippen molar-refractivity contribution in [1.82, 2.24) is 9.38 Å². The molecule has 0 amide bonds. The van der Waals surface area contributed by atoms with Crippen LogP contribution in [0.2, 0.25) is 0 Å². The van der Waals surface area contributed by atoms with Crippen LogP contribution in [0.5, 0.6) is 0 Å². The molecule has 2 aromatic heterocycles. The maximum absolute atomic E-state index is 10.8. The van der Waals surface area contributed by atoms with Crippen molar-refractivity contribution in [1.29, 1.82) is 0 Å². The summed E-state index contributed by atoms with van der Waals surface area (Å²) in [6.07, 6.45) is 4.76. The van der Waals surface area contributed by atoms with E-state index in [1.54, 1.807) is 6.07 Å². The number of hydrogen-bond acceptors (Lipinski definition) is 2. The summed E-state index contributed by atoms with van der Waals surface area (Å²) < 4.78 is 2.04. The molecule has 0 atom stereocenters. The first-order chi connectivity index (χ1) is 8.78. The first-order valence-electron chi connectivity index (χ1n) is 5.77. The van der Waals surface area contributed by atoms with Crippen LogP contribution in [0.1, 0.15) is 16.2 Å². The summed E-state index contributed by atoms with van der Waals surface area (Å²) >= 11 is 0. The number of pyridine rings is 1. The van der Waals surface area contributed by atoms with Crippen molar-refractivity contribution in [3.8, 4) is 11.1 Å². The van der Waals surface area contributed by atoms with E-state index >= 15 is 0 Å². The second kappa shape index (κ2) is 4.11. The molecule has 1 aromatic carbocycles. The Morgan fingerprint density at radius 2 is 2.06 bits per heavy atom. The van der Waals surface area contributed by atoms with Gasteiger partial charge in [-0.25, -0.2) is 4.98 Å². The van der Waals surface area contributed by atoms with Crippen LogP contribution in [0.25, 0.3) is 16.6 Å². The second-order valence-corrected chi connectivity index (χ2v) is 4.26. The quantitative estimate of drug-likeness (QED) is 0.641. The van der Waals surface area contributed by atoms with Gasteiger partial charge in [-0.3, -0.25) is 4.79 Å². The molecule has 3 nitrogen and oxygen atoms in total. The van der Waals surface area contributed by atoms with Crippen molar-refractivity contribution >= 4 is 11.8 Å². The zero-order chi connectivity index (χ0) is 12.5. The van der Waals surface area contributed by atoms with Gasteiger partial charge in [-0.15, -0.1) is 0 Å². The number of carbonyl (C=O) groups excluding carboxylic acids is 1. The van der Waals surface area contributed by atoms with Gasteiger partial charge in [0.1, 0.15) is 12.1 Å². The molecule has 0 radical (unpaired) electrons. The number of benzene rings is 1. The molecule has 0 N–H and O–H groups in total. The summed E-state index contributed by atoms with van der Waals surface area (Å²) in [5, 5.41) is 0. The lowest BCUT2D eigenvalue weighted by atomic mass is 10.1. The van der Waals surface area contributed by atoms with E-state index in [4.69, 9.17) is 0 Å². The molecular weight excluding hydrogens is 224 g/mol. The van der Waals surface area contributed by atoms with Crippen molar-refractivity contribution in [2.75, 3.05) is 0 Å². The maximum atomic E-state index is 10.8. The minimum absolute atomic E-state index is 0.690. The monoisotopic (exact) mass is 236 g/mol. The molecule has 88 valence electrons. The van der Waals surface area contributed by atoms with E-state index in [9.17, 15) is 4.79 Å². The van der Waals surface area contributed by atoms with E-state index in [0.717, 1.165) is 28.8 Å². The molecule has 0 spiro atoms. The summed E-state index contributed by atoms with van der Waals surface area (Å²) in [6.45, 7) is 1.97. The zero-order valence-electron chi connectivity index (χ0n) is 10.00. The van der Waals surface area contributed by atoms with Gasteiger partial charge in [-0.2, -0.15) is 0 Å². The van der Waals surface area contributed by atoms with E-state index in [0.29, 0.717) is 5.56 Å². The minimum atomic E-state index is 0.690. The smallest absolute Gasteiger partial charge is 0.150 e. The number of carbonyl (C=O) groups is 1. The first kappa shape index (κ1) is 10.7. The normalized spacial score (nSPS) is 10.7. The number of rotatable bonds is 2. The van der Waals surface area contributed by atoms with Crippen LogP contribution in [0.3, 0.4) is 0 Å². The van der Waals surface area contributed by atoms with E-state index in [1.807, 2.05) is 54.0 Å². The minimum Gasteiger partial charge on any atom is -0.303 e. The van der Waals surface area contributed by atoms with Gasteiger partial charge in [0, 0.05) is 11.8 Å². The fourth-order valence-electron chi connectivity index (χ4n) is 2.08. The predicted molar refractivity (Wildman–Crippen MR) is 70.8 cm³/mol. The largest absolute Gasteiger partial charge is 0.303 e. The van der Waals surface area contributed by atoms with Crippen LogP contribution in [-0.4, -0.2) is 15.7 Å². The van der Waals surface area contributed by atoms with Crippen LogP contribution >= 0.6 is 0 Å². The van der Waals surface area contributed by atoms with Gasteiger partial charge in [0.2, 0.25) is 0 Å². The molecule has 0 fully saturated rings. The summed E-state index contributed by atoms with van der Waals surface area (Å²) in [4.78, 5) is 15.1. The summed E-state index contributed by atoms with van der Waals surface area (Å²) in [5.41, 5.74) is 3.87. The highest BCUT2D eigenvalue weighted by Crippen LogP contribution is 2.21. The predicted octanol–water partition coefficient (Wildman–Crippen LogP) is 3.12. The molecule has 3 rings (SSSR count). The lowest BCUT2D eigenvalue weighted by Crippen LogP contribution is -1.89. The number of aromatic nitrogens is 2. The Bertz CT molecular complexity index is 728. The number of aldehydes is 1. The third kappa shape index (κ3) is 1.70. The van der Waals surface area contributed by atoms with E-state index in [1.165, 1.54) is 0 Å². The number of aryl methyl sites for hydroxylation is 1. The number of hydrogen-bond donors (Lipinski definition) is 0. The summed E-state index contributed by atoms with van der Waals surface area (Å²) in [5.74, 6) is 0.957. The fraction of sp³-hybridized carbons (Fsp3) is 0.0667. The Morgan fingerprint density at radius 1 is 1.17 bits per heavy atom.